The average molecular weight is 427 g/mol. The zero-order valence-corrected chi connectivity index (χ0v) is 17.9. The van der Waals surface area contributed by atoms with Crippen LogP contribution in [-0.4, -0.2) is 35.8 Å². The molecule has 2 aromatic carbocycles. The van der Waals surface area contributed by atoms with Crippen molar-refractivity contribution in [3.63, 3.8) is 0 Å². The quantitative estimate of drug-likeness (QED) is 0.421. The maximum absolute atomic E-state index is 12.3. The van der Waals surface area contributed by atoms with E-state index in [4.69, 9.17) is 4.74 Å². The highest BCUT2D eigenvalue weighted by Gasteiger charge is 2.09. The lowest BCUT2D eigenvalue weighted by molar-refractivity contribution is 0.0818. The van der Waals surface area contributed by atoms with E-state index in [1.165, 1.54) is 0 Å². The van der Waals surface area contributed by atoms with Gasteiger partial charge in [0.25, 0.3) is 6.43 Å². The second-order valence-electron chi connectivity index (χ2n) is 7.10. The minimum absolute atomic E-state index is 0.418. The van der Waals surface area contributed by atoms with Crippen molar-refractivity contribution in [2.24, 2.45) is 4.99 Å². The van der Waals surface area contributed by atoms with Crippen LogP contribution >= 0.6 is 0 Å². The van der Waals surface area contributed by atoms with Gasteiger partial charge in [0.15, 0.2) is 5.96 Å². The first kappa shape index (κ1) is 22.3. The fraction of sp³-hybridized carbons (Fsp3) is 0.304. The lowest BCUT2D eigenvalue weighted by Crippen LogP contribution is -2.36. The first-order valence-electron chi connectivity index (χ1n) is 10.0. The first-order chi connectivity index (χ1) is 15.0. The molecule has 0 atom stereocenters. The van der Waals surface area contributed by atoms with E-state index in [2.05, 4.69) is 26.8 Å². The molecule has 1 aromatic heterocycles. The second-order valence-corrected chi connectivity index (χ2v) is 7.10. The Kier molecular flexibility index (Phi) is 7.59. The van der Waals surface area contributed by atoms with Gasteiger partial charge in [0, 0.05) is 25.8 Å². The fourth-order valence-electron chi connectivity index (χ4n) is 3.23. The third-order valence-electron chi connectivity index (χ3n) is 4.63. The number of nitrogens with zero attached hydrogens (tertiary/aromatic N) is 3. The van der Waals surface area contributed by atoms with Crippen molar-refractivity contribution in [3.05, 3.63) is 77.1 Å². The van der Waals surface area contributed by atoms with Gasteiger partial charge in [-0.1, -0.05) is 30.3 Å². The third-order valence-corrected chi connectivity index (χ3v) is 4.63. The fourth-order valence-corrected chi connectivity index (χ4v) is 3.23. The van der Waals surface area contributed by atoms with Crippen LogP contribution in [0.2, 0.25) is 0 Å². The maximum Gasteiger partial charge on any atom is 0.272 e. The van der Waals surface area contributed by atoms with Gasteiger partial charge in [-0.15, -0.1) is 0 Å². The number of hydrogen-bond acceptors (Lipinski definition) is 3. The summed E-state index contributed by atoms with van der Waals surface area (Å²) in [4.78, 5) is 4.27. The Balaban J connectivity index is 1.61. The summed E-state index contributed by atoms with van der Waals surface area (Å²) in [7, 11) is 1.70. The van der Waals surface area contributed by atoms with Gasteiger partial charge in [-0.3, -0.25) is 4.99 Å². The molecule has 0 aliphatic carbocycles. The number of nitrogens with one attached hydrogen (secondary N) is 2. The molecule has 0 aliphatic rings. The number of benzene rings is 2. The van der Waals surface area contributed by atoms with Gasteiger partial charge < -0.3 is 15.4 Å². The van der Waals surface area contributed by atoms with Crippen LogP contribution in [0.25, 0.3) is 5.69 Å². The van der Waals surface area contributed by atoms with Crippen molar-refractivity contribution in [1.82, 2.24) is 20.4 Å². The van der Waals surface area contributed by atoms with Crippen LogP contribution in [0.1, 0.15) is 22.5 Å². The van der Waals surface area contributed by atoms with Crippen LogP contribution in [0.15, 0.2) is 59.6 Å². The van der Waals surface area contributed by atoms with Gasteiger partial charge >= 0.3 is 0 Å². The van der Waals surface area contributed by atoms with Crippen molar-refractivity contribution >= 4 is 5.96 Å². The smallest absolute Gasteiger partial charge is 0.272 e. The number of guanidine groups is 1. The number of ether oxygens (including phenoxy) is 1. The predicted octanol–water partition coefficient (Wildman–Crippen LogP) is 4.00. The third kappa shape index (κ3) is 6.28. The number of hydrogen-bond donors (Lipinski definition) is 2. The van der Waals surface area contributed by atoms with Gasteiger partial charge in [0.05, 0.1) is 11.4 Å². The molecule has 31 heavy (non-hydrogen) atoms. The highest BCUT2D eigenvalue weighted by molar-refractivity contribution is 5.79. The Hall–Kier alpha value is -3.42. The molecule has 164 valence electrons. The Morgan fingerprint density at radius 3 is 2.55 bits per heavy atom. The summed E-state index contributed by atoms with van der Waals surface area (Å²) in [6, 6.07) is 17.2. The predicted molar refractivity (Wildman–Crippen MR) is 118 cm³/mol. The molecule has 8 heteroatoms. The van der Waals surface area contributed by atoms with E-state index in [1.807, 2.05) is 48.9 Å². The van der Waals surface area contributed by atoms with Crippen LogP contribution in [0, 0.1) is 13.8 Å². The molecule has 1 heterocycles. The molecular weight excluding hydrogens is 400 g/mol. The van der Waals surface area contributed by atoms with Crippen LogP contribution in [0.4, 0.5) is 8.78 Å². The molecule has 0 fully saturated rings. The monoisotopic (exact) mass is 427 g/mol. The standard InChI is InChI=1S/C23H27F2N5O/c1-16-11-17(2)30(29-16)21-10-5-4-8-19(21)14-28-23(26-3)27-13-18-7-6-9-20(12-18)31-15-22(24)25/h4-12,22H,13-15H2,1-3H3,(H2,26,27,28). The number of rotatable bonds is 8. The van der Waals surface area contributed by atoms with Gasteiger partial charge in [-0.25, -0.2) is 13.5 Å². The van der Waals surface area contributed by atoms with Crippen LogP contribution in [-0.2, 0) is 13.1 Å². The van der Waals surface area contributed by atoms with E-state index in [0.717, 1.165) is 28.2 Å². The molecule has 0 radical (unpaired) electrons. The van der Waals surface area contributed by atoms with E-state index in [1.54, 1.807) is 25.2 Å². The minimum Gasteiger partial charge on any atom is -0.488 e. The van der Waals surface area contributed by atoms with Crippen molar-refractivity contribution in [2.45, 2.75) is 33.4 Å². The Labute approximate surface area is 181 Å². The maximum atomic E-state index is 12.3. The average Bonchev–Trinajstić information content (AvgIpc) is 3.10. The van der Waals surface area contributed by atoms with E-state index < -0.39 is 13.0 Å². The molecule has 0 saturated heterocycles. The SMILES string of the molecule is CN=C(NCc1cccc(OCC(F)F)c1)NCc1ccccc1-n1nc(C)cc1C. The molecule has 3 aromatic rings. The van der Waals surface area contributed by atoms with E-state index in [0.29, 0.717) is 24.8 Å². The molecule has 0 aliphatic heterocycles. The topological polar surface area (TPSA) is 63.5 Å². The normalized spacial score (nSPS) is 11.6. The highest BCUT2D eigenvalue weighted by Crippen LogP contribution is 2.17. The van der Waals surface area contributed by atoms with Crippen LogP contribution < -0.4 is 15.4 Å². The Bertz CT molecular complexity index is 1030. The summed E-state index contributed by atoms with van der Waals surface area (Å²) in [6.45, 7) is 4.43. The Morgan fingerprint density at radius 2 is 1.84 bits per heavy atom. The van der Waals surface area contributed by atoms with E-state index in [9.17, 15) is 8.78 Å². The van der Waals surface area contributed by atoms with E-state index in [-0.39, 0.29) is 0 Å². The molecule has 0 bridgehead atoms. The van der Waals surface area contributed by atoms with Crippen LogP contribution in [0.3, 0.4) is 0 Å². The molecule has 0 spiro atoms. The van der Waals surface area contributed by atoms with Crippen molar-refractivity contribution < 1.29 is 13.5 Å². The lowest BCUT2D eigenvalue weighted by Gasteiger charge is -2.15. The summed E-state index contributed by atoms with van der Waals surface area (Å²) in [6.07, 6.45) is -2.50. The number of aryl methyl sites for hydroxylation is 2. The number of aromatic nitrogens is 2. The largest absolute Gasteiger partial charge is 0.488 e. The summed E-state index contributed by atoms with van der Waals surface area (Å²) >= 11 is 0. The van der Waals surface area contributed by atoms with Crippen molar-refractivity contribution in [3.8, 4) is 11.4 Å². The Morgan fingerprint density at radius 1 is 1.06 bits per heavy atom. The van der Waals surface area contributed by atoms with Gasteiger partial charge in [-0.05, 0) is 49.2 Å². The summed E-state index contributed by atoms with van der Waals surface area (Å²) < 4.78 is 31.7. The number of aliphatic imine (C=N–C) groups is 1. The van der Waals surface area contributed by atoms with Gasteiger partial charge in [0.2, 0.25) is 0 Å². The highest BCUT2D eigenvalue weighted by atomic mass is 19.3. The second kappa shape index (κ2) is 10.6. The van der Waals surface area contributed by atoms with Crippen molar-refractivity contribution in [1.29, 1.82) is 0 Å². The number of para-hydroxylation sites is 1. The van der Waals surface area contributed by atoms with Crippen LogP contribution in [0.5, 0.6) is 5.75 Å². The number of halogens is 2. The zero-order chi connectivity index (χ0) is 22.2. The molecule has 6 nitrogen and oxygen atoms in total. The molecule has 0 amide bonds. The minimum atomic E-state index is -2.50. The van der Waals surface area contributed by atoms with Crippen molar-refractivity contribution in [2.75, 3.05) is 13.7 Å². The lowest BCUT2D eigenvalue weighted by atomic mass is 10.1. The molecule has 0 unspecified atom stereocenters. The zero-order valence-electron chi connectivity index (χ0n) is 17.9. The molecular formula is C23H27F2N5O. The van der Waals surface area contributed by atoms with Gasteiger partial charge in [-0.2, -0.15) is 5.10 Å². The first-order valence-corrected chi connectivity index (χ1v) is 10.0. The summed E-state index contributed by atoms with van der Waals surface area (Å²) in [5.74, 6) is 1.04. The van der Waals surface area contributed by atoms with Gasteiger partial charge in [0.1, 0.15) is 12.4 Å². The summed E-state index contributed by atoms with van der Waals surface area (Å²) in [5, 5.41) is 11.1. The summed E-state index contributed by atoms with van der Waals surface area (Å²) in [5.41, 5.74) is 5.04. The molecule has 2 N–H and O–H groups in total. The van der Waals surface area contributed by atoms with E-state index >= 15 is 0 Å². The molecule has 0 saturated carbocycles. The number of alkyl halides is 2. The molecule has 3 rings (SSSR count).